The van der Waals surface area contributed by atoms with Crippen molar-refractivity contribution in [2.45, 2.75) is 20.8 Å². The minimum atomic E-state index is 0.0179. The number of anilines is 1. The highest BCUT2D eigenvalue weighted by Gasteiger charge is 2.23. The van der Waals surface area contributed by atoms with Crippen molar-refractivity contribution in [2.24, 2.45) is 5.92 Å². The summed E-state index contributed by atoms with van der Waals surface area (Å²) in [7, 11) is 0. The quantitative estimate of drug-likeness (QED) is 0.695. The van der Waals surface area contributed by atoms with Gasteiger partial charge in [-0.3, -0.25) is 4.79 Å². The molecule has 1 aliphatic rings. The largest absolute Gasteiger partial charge is 0.321 e. The van der Waals surface area contributed by atoms with Crippen LogP contribution in [0.2, 0.25) is 0 Å². The zero-order valence-corrected chi connectivity index (χ0v) is 9.29. The van der Waals surface area contributed by atoms with Gasteiger partial charge >= 0.3 is 0 Å². The van der Waals surface area contributed by atoms with Gasteiger partial charge in [0.15, 0.2) is 0 Å². The summed E-state index contributed by atoms with van der Waals surface area (Å²) < 4.78 is 0. The second kappa shape index (κ2) is 3.54. The van der Waals surface area contributed by atoms with E-state index in [1.54, 1.807) is 0 Å². The van der Waals surface area contributed by atoms with E-state index < -0.39 is 0 Å². The summed E-state index contributed by atoms with van der Waals surface area (Å²) in [5.74, 6) is 0.404. The van der Waals surface area contributed by atoms with Crippen molar-refractivity contribution >= 4 is 17.2 Å². The molecule has 0 unspecified atom stereocenters. The van der Waals surface area contributed by atoms with Crippen LogP contribution >= 0.6 is 0 Å². The van der Waals surface area contributed by atoms with Gasteiger partial charge < -0.3 is 5.32 Å². The van der Waals surface area contributed by atoms with E-state index in [-0.39, 0.29) is 5.91 Å². The molecule has 0 spiro atoms. The number of amides is 1. The topological polar surface area (TPSA) is 29.1 Å². The fraction of sp³-hybridized carbons (Fsp3) is 0.308. The Morgan fingerprint density at radius 3 is 2.73 bits per heavy atom. The molecule has 0 bridgehead atoms. The molecule has 0 aliphatic carbocycles. The van der Waals surface area contributed by atoms with Gasteiger partial charge in [0.2, 0.25) is 0 Å². The molecule has 2 nitrogen and oxygen atoms in total. The highest BCUT2D eigenvalue weighted by Crippen LogP contribution is 2.32. The molecule has 0 saturated carbocycles. The predicted octanol–water partition coefficient (Wildman–Crippen LogP) is 2.99. The lowest BCUT2D eigenvalue weighted by molar-refractivity contribution is -0.110. The first kappa shape index (κ1) is 9.97. The van der Waals surface area contributed by atoms with Gasteiger partial charge in [-0.05, 0) is 25.0 Å². The highest BCUT2D eigenvalue weighted by molar-refractivity contribution is 6.31. The Kier molecular flexibility index (Phi) is 2.35. The second-order valence-corrected chi connectivity index (χ2v) is 4.33. The average Bonchev–Trinajstić information content (AvgIpc) is 2.43. The van der Waals surface area contributed by atoms with E-state index >= 15 is 0 Å². The number of hydrogen-bond donors (Lipinski definition) is 1. The molecule has 1 aliphatic heterocycles. The fourth-order valence-corrected chi connectivity index (χ4v) is 1.80. The average molecular weight is 201 g/mol. The van der Waals surface area contributed by atoms with Crippen LogP contribution in [0.3, 0.4) is 0 Å². The second-order valence-electron chi connectivity index (χ2n) is 4.33. The molecule has 2 rings (SSSR count). The van der Waals surface area contributed by atoms with Gasteiger partial charge in [-0.1, -0.05) is 31.6 Å². The molecule has 1 N–H and O–H groups in total. The lowest BCUT2D eigenvalue weighted by atomic mass is 10.0. The number of carbonyl (C=O) groups is 1. The molecule has 2 heteroatoms. The molecule has 0 aromatic heterocycles. The minimum Gasteiger partial charge on any atom is -0.321 e. The van der Waals surface area contributed by atoms with Crippen LogP contribution in [-0.2, 0) is 4.79 Å². The molecular formula is C13H15NO. The first-order chi connectivity index (χ1) is 7.08. The lowest BCUT2D eigenvalue weighted by Gasteiger charge is -2.01. The Labute approximate surface area is 90.0 Å². The van der Waals surface area contributed by atoms with Gasteiger partial charge in [0.25, 0.3) is 5.91 Å². The zero-order valence-electron chi connectivity index (χ0n) is 9.29. The summed E-state index contributed by atoms with van der Waals surface area (Å²) in [6, 6.07) is 6.03. The molecule has 0 radical (unpaired) electrons. The smallest absolute Gasteiger partial charge is 0.256 e. The monoisotopic (exact) mass is 201 g/mol. The van der Waals surface area contributed by atoms with E-state index in [2.05, 4.69) is 25.2 Å². The normalized spacial score (nSPS) is 17.1. The van der Waals surface area contributed by atoms with Crippen LogP contribution < -0.4 is 5.32 Å². The van der Waals surface area contributed by atoms with E-state index in [1.165, 1.54) is 5.56 Å². The third kappa shape index (κ3) is 1.80. The van der Waals surface area contributed by atoms with E-state index in [0.29, 0.717) is 5.92 Å². The number of benzene rings is 1. The van der Waals surface area contributed by atoms with Gasteiger partial charge in [-0.25, -0.2) is 0 Å². The SMILES string of the molecule is Cc1ccc2c(c1)/C(=C\C(C)C)C(=O)N2. The fourth-order valence-electron chi connectivity index (χ4n) is 1.80. The first-order valence-corrected chi connectivity index (χ1v) is 5.22. The van der Waals surface area contributed by atoms with Crippen LogP contribution in [0.5, 0.6) is 0 Å². The van der Waals surface area contributed by atoms with Crippen LogP contribution in [0.15, 0.2) is 24.3 Å². The van der Waals surface area contributed by atoms with Crippen molar-refractivity contribution in [3.8, 4) is 0 Å². The number of hydrogen-bond acceptors (Lipinski definition) is 1. The number of allylic oxidation sites excluding steroid dienone is 1. The Bertz CT molecular complexity index is 444. The van der Waals surface area contributed by atoms with Crippen molar-refractivity contribution in [2.75, 3.05) is 5.32 Å². The van der Waals surface area contributed by atoms with Crippen molar-refractivity contribution in [1.82, 2.24) is 0 Å². The Balaban J connectivity index is 2.53. The van der Waals surface area contributed by atoms with Gasteiger partial charge in [-0.2, -0.15) is 0 Å². The van der Waals surface area contributed by atoms with E-state index in [9.17, 15) is 4.79 Å². The zero-order chi connectivity index (χ0) is 11.0. The summed E-state index contributed by atoms with van der Waals surface area (Å²) in [6.07, 6.45) is 2.01. The van der Waals surface area contributed by atoms with Crippen LogP contribution in [-0.4, -0.2) is 5.91 Å². The van der Waals surface area contributed by atoms with Crippen molar-refractivity contribution < 1.29 is 4.79 Å². The summed E-state index contributed by atoms with van der Waals surface area (Å²) in [5.41, 5.74) is 3.95. The molecule has 0 atom stereocenters. The third-order valence-corrected chi connectivity index (χ3v) is 2.46. The predicted molar refractivity (Wildman–Crippen MR) is 62.6 cm³/mol. The Hall–Kier alpha value is -1.57. The molecule has 1 aromatic rings. The van der Waals surface area contributed by atoms with Crippen LogP contribution in [0.4, 0.5) is 5.69 Å². The Morgan fingerprint density at radius 1 is 1.33 bits per heavy atom. The summed E-state index contributed by atoms with van der Waals surface area (Å²) in [6.45, 7) is 6.19. The van der Waals surface area contributed by atoms with Gasteiger partial charge in [0.05, 0.1) is 0 Å². The maximum absolute atomic E-state index is 11.7. The maximum Gasteiger partial charge on any atom is 0.256 e. The summed E-state index contributed by atoms with van der Waals surface area (Å²) >= 11 is 0. The molecule has 0 saturated heterocycles. The maximum atomic E-state index is 11.7. The molecular weight excluding hydrogens is 186 g/mol. The van der Waals surface area contributed by atoms with Crippen molar-refractivity contribution in [3.05, 3.63) is 35.4 Å². The van der Waals surface area contributed by atoms with Crippen LogP contribution in [0.25, 0.3) is 5.57 Å². The lowest BCUT2D eigenvalue weighted by Crippen LogP contribution is -2.04. The first-order valence-electron chi connectivity index (χ1n) is 5.22. The van der Waals surface area contributed by atoms with Crippen molar-refractivity contribution in [1.29, 1.82) is 0 Å². The minimum absolute atomic E-state index is 0.0179. The molecule has 1 aromatic carbocycles. The number of rotatable bonds is 1. The molecule has 0 fully saturated rings. The van der Waals surface area contributed by atoms with E-state index in [1.807, 2.05) is 25.1 Å². The van der Waals surface area contributed by atoms with Gasteiger partial charge in [0.1, 0.15) is 0 Å². The van der Waals surface area contributed by atoms with Crippen LogP contribution in [0.1, 0.15) is 25.0 Å². The number of carbonyl (C=O) groups excluding carboxylic acids is 1. The Morgan fingerprint density at radius 2 is 2.07 bits per heavy atom. The molecule has 1 amide bonds. The number of nitrogens with one attached hydrogen (secondary N) is 1. The summed E-state index contributed by atoms with van der Waals surface area (Å²) in [5, 5.41) is 2.87. The van der Waals surface area contributed by atoms with Crippen molar-refractivity contribution in [3.63, 3.8) is 0 Å². The van der Waals surface area contributed by atoms with Gasteiger partial charge in [-0.15, -0.1) is 0 Å². The number of aryl methyl sites for hydroxylation is 1. The molecule has 15 heavy (non-hydrogen) atoms. The van der Waals surface area contributed by atoms with Gasteiger partial charge in [0, 0.05) is 16.8 Å². The third-order valence-electron chi connectivity index (χ3n) is 2.46. The highest BCUT2D eigenvalue weighted by atomic mass is 16.1. The molecule has 78 valence electrons. The number of fused-ring (bicyclic) bond motifs is 1. The van der Waals surface area contributed by atoms with E-state index in [0.717, 1.165) is 16.8 Å². The molecule has 1 heterocycles. The van der Waals surface area contributed by atoms with Crippen LogP contribution in [0, 0.1) is 12.8 Å². The summed E-state index contributed by atoms with van der Waals surface area (Å²) in [4.78, 5) is 11.7. The van der Waals surface area contributed by atoms with E-state index in [4.69, 9.17) is 0 Å². The standard InChI is InChI=1S/C13H15NO/c1-8(2)6-11-10-7-9(3)4-5-12(10)14-13(11)15/h4-8H,1-3H3,(H,14,15)/b11-6+.